The van der Waals surface area contributed by atoms with Gasteiger partial charge in [0.1, 0.15) is 5.82 Å². The minimum atomic E-state index is -0.565. The Balaban J connectivity index is 2.33. The lowest BCUT2D eigenvalue weighted by Crippen LogP contribution is -2.14. The SMILES string of the molecule is CC(=O)c1ccc(F)cc1NC(=O)c1occc1Br. The molecule has 0 radical (unpaired) electrons. The van der Waals surface area contributed by atoms with Crippen LogP contribution in [0.2, 0.25) is 0 Å². The van der Waals surface area contributed by atoms with E-state index in [1.807, 2.05) is 0 Å². The van der Waals surface area contributed by atoms with Gasteiger partial charge in [0.2, 0.25) is 5.76 Å². The van der Waals surface area contributed by atoms with Gasteiger partial charge in [-0.2, -0.15) is 0 Å². The Kier molecular flexibility index (Phi) is 3.80. The van der Waals surface area contributed by atoms with Crippen molar-refractivity contribution in [1.29, 1.82) is 0 Å². The zero-order chi connectivity index (χ0) is 14.0. The van der Waals surface area contributed by atoms with Crippen LogP contribution in [0.25, 0.3) is 0 Å². The van der Waals surface area contributed by atoms with Crippen LogP contribution in [0, 0.1) is 5.82 Å². The zero-order valence-corrected chi connectivity index (χ0v) is 11.5. The van der Waals surface area contributed by atoms with Gasteiger partial charge in [-0.1, -0.05) is 0 Å². The van der Waals surface area contributed by atoms with Crippen molar-refractivity contribution in [3.05, 3.63) is 52.1 Å². The average Bonchev–Trinajstić information content (AvgIpc) is 2.75. The van der Waals surface area contributed by atoms with Gasteiger partial charge in [0.25, 0.3) is 5.91 Å². The van der Waals surface area contributed by atoms with Gasteiger partial charge in [-0.05, 0) is 47.1 Å². The summed E-state index contributed by atoms with van der Waals surface area (Å²) in [7, 11) is 0. The third-order valence-electron chi connectivity index (χ3n) is 2.43. The number of hydrogen-bond acceptors (Lipinski definition) is 3. The zero-order valence-electron chi connectivity index (χ0n) is 9.87. The predicted octanol–water partition coefficient (Wildman–Crippen LogP) is 3.64. The molecule has 4 nitrogen and oxygen atoms in total. The monoisotopic (exact) mass is 325 g/mol. The maximum atomic E-state index is 13.2. The number of hydrogen-bond donors (Lipinski definition) is 1. The molecule has 0 aliphatic heterocycles. The normalized spacial score (nSPS) is 10.3. The molecular weight excluding hydrogens is 317 g/mol. The van der Waals surface area contributed by atoms with Crippen molar-refractivity contribution in [2.75, 3.05) is 5.32 Å². The highest BCUT2D eigenvalue weighted by atomic mass is 79.9. The summed E-state index contributed by atoms with van der Waals surface area (Å²) in [5, 5.41) is 2.45. The molecule has 0 unspecified atom stereocenters. The number of benzene rings is 1. The van der Waals surface area contributed by atoms with Crippen molar-refractivity contribution in [3.8, 4) is 0 Å². The van der Waals surface area contributed by atoms with Gasteiger partial charge >= 0.3 is 0 Å². The fourth-order valence-corrected chi connectivity index (χ4v) is 1.94. The molecule has 2 aromatic rings. The summed E-state index contributed by atoms with van der Waals surface area (Å²) in [5.41, 5.74) is 0.346. The van der Waals surface area contributed by atoms with Gasteiger partial charge in [0, 0.05) is 5.56 Å². The Morgan fingerprint density at radius 1 is 1.32 bits per heavy atom. The smallest absolute Gasteiger partial charge is 0.292 e. The first kappa shape index (κ1) is 13.5. The summed E-state index contributed by atoms with van der Waals surface area (Å²) in [6.45, 7) is 1.34. The van der Waals surface area contributed by atoms with Crippen LogP contribution >= 0.6 is 15.9 Å². The summed E-state index contributed by atoms with van der Waals surface area (Å²) in [6.07, 6.45) is 1.34. The molecule has 6 heteroatoms. The highest BCUT2D eigenvalue weighted by Crippen LogP contribution is 2.22. The third kappa shape index (κ3) is 2.90. The second-order valence-electron chi connectivity index (χ2n) is 3.80. The van der Waals surface area contributed by atoms with Crippen molar-refractivity contribution in [2.45, 2.75) is 6.92 Å². The third-order valence-corrected chi connectivity index (χ3v) is 3.06. The van der Waals surface area contributed by atoms with Crippen LogP contribution in [0.5, 0.6) is 0 Å². The largest absolute Gasteiger partial charge is 0.458 e. The average molecular weight is 326 g/mol. The molecule has 0 spiro atoms. The molecule has 2 rings (SSSR count). The lowest BCUT2D eigenvalue weighted by Gasteiger charge is -2.08. The minimum Gasteiger partial charge on any atom is -0.458 e. The topological polar surface area (TPSA) is 59.3 Å². The Hall–Kier alpha value is -1.95. The lowest BCUT2D eigenvalue weighted by molar-refractivity contribution is 0.0995. The fraction of sp³-hybridized carbons (Fsp3) is 0.0769. The molecule has 98 valence electrons. The molecular formula is C13H9BrFNO3. The highest BCUT2D eigenvalue weighted by molar-refractivity contribution is 9.10. The van der Waals surface area contributed by atoms with Crippen molar-refractivity contribution < 1.29 is 18.4 Å². The second-order valence-corrected chi connectivity index (χ2v) is 4.65. The van der Waals surface area contributed by atoms with Crippen molar-refractivity contribution in [1.82, 2.24) is 0 Å². The minimum absolute atomic E-state index is 0.0544. The first-order valence-corrected chi connectivity index (χ1v) is 6.13. The molecule has 1 aromatic carbocycles. The number of ketones is 1. The second kappa shape index (κ2) is 5.36. The first-order chi connectivity index (χ1) is 8.99. The maximum absolute atomic E-state index is 13.2. The highest BCUT2D eigenvalue weighted by Gasteiger charge is 2.17. The molecule has 1 heterocycles. The van der Waals surface area contributed by atoms with Gasteiger partial charge in [-0.25, -0.2) is 4.39 Å². The molecule has 19 heavy (non-hydrogen) atoms. The van der Waals surface area contributed by atoms with Crippen molar-refractivity contribution in [2.24, 2.45) is 0 Å². The maximum Gasteiger partial charge on any atom is 0.292 e. The van der Waals surface area contributed by atoms with E-state index in [0.29, 0.717) is 4.47 Å². The summed E-state index contributed by atoms with van der Waals surface area (Å²) in [6, 6.07) is 5.14. The van der Waals surface area contributed by atoms with Gasteiger partial charge in [-0.15, -0.1) is 0 Å². The molecule has 0 aliphatic carbocycles. The Morgan fingerprint density at radius 3 is 2.63 bits per heavy atom. The number of rotatable bonds is 3. The first-order valence-electron chi connectivity index (χ1n) is 5.34. The number of Topliss-reactive ketones (excluding diaryl/α,β-unsaturated/α-hetero) is 1. The summed E-state index contributed by atoms with van der Waals surface area (Å²) in [4.78, 5) is 23.3. The number of halogens is 2. The molecule has 1 N–H and O–H groups in total. The quantitative estimate of drug-likeness (QED) is 0.876. The van der Waals surface area contributed by atoms with Gasteiger partial charge < -0.3 is 9.73 Å². The van der Waals surface area contributed by atoms with E-state index >= 15 is 0 Å². The van der Waals surface area contributed by atoms with E-state index in [9.17, 15) is 14.0 Å². The standard InChI is InChI=1S/C13H9BrFNO3/c1-7(17)9-3-2-8(15)6-11(9)16-13(18)12-10(14)4-5-19-12/h2-6H,1H3,(H,16,18). The van der Waals surface area contributed by atoms with Crippen molar-refractivity contribution in [3.63, 3.8) is 0 Å². The van der Waals surface area contributed by atoms with E-state index in [2.05, 4.69) is 21.2 Å². The molecule has 0 atom stereocenters. The number of carbonyl (C=O) groups is 2. The van der Waals surface area contributed by atoms with Crippen molar-refractivity contribution >= 4 is 33.3 Å². The van der Waals surface area contributed by atoms with Crippen LogP contribution in [0.1, 0.15) is 27.8 Å². The molecule has 0 saturated carbocycles. The van der Waals surface area contributed by atoms with Crippen LogP contribution in [0.15, 0.2) is 39.4 Å². The summed E-state index contributed by atoms with van der Waals surface area (Å²) in [5.74, 6) is -1.32. The van der Waals surface area contributed by atoms with Crippen LogP contribution < -0.4 is 5.32 Å². The molecule has 0 bridgehead atoms. The number of amides is 1. The number of furan rings is 1. The van der Waals surface area contributed by atoms with Crippen LogP contribution in [-0.2, 0) is 0 Å². The molecule has 1 aromatic heterocycles. The van der Waals surface area contributed by atoms with Gasteiger partial charge in [0.15, 0.2) is 5.78 Å². The van der Waals surface area contributed by atoms with E-state index < -0.39 is 11.7 Å². The van der Waals surface area contributed by atoms with E-state index in [1.54, 1.807) is 6.07 Å². The van der Waals surface area contributed by atoms with Gasteiger partial charge in [-0.3, -0.25) is 9.59 Å². The number of carbonyl (C=O) groups excluding carboxylic acids is 2. The van der Waals surface area contributed by atoms with E-state index in [4.69, 9.17) is 4.42 Å². The summed E-state index contributed by atoms with van der Waals surface area (Å²) < 4.78 is 18.7. The summed E-state index contributed by atoms with van der Waals surface area (Å²) >= 11 is 3.15. The van der Waals surface area contributed by atoms with Gasteiger partial charge in [0.05, 0.1) is 16.4 Å². The Bertz CT molecular complexity index is 651. The van der Waals surface area contributed by atoms with Crippen LogP contribution in [-0.4, -0.2) is 11.7 Å². The Morgan fingerprint density at radius 2 is 2.05 bits per heavy atom. The molecule has 0 fully saturated rings. The molecule has 0 aliphatic rings. The fourth-order valence-electron chi connectivity index (χ4n) is 1.56. The number of nitrogens with one attached hydrogen (secondary N) is 1. The molecule has 0 saturated heterocycles. The van der Waals surface area contributed by atoms with Crippen LogP contribution in [0.4, 0.5) is 10.1 Å². The van der Waals surface area contributed by atoms with Crippen LogP contribution in [0.3, 0.4) is 0 Å². The predicted molar refractivity (Wildman–Crippen MR) is 70.8 cm³/mol. The van der Waals surface area contributed by atoms with E-state index in [0.717, 1.165) is 12.1 Å². The molecule has 1 amide bonds. The van der Waals surface area contributed by atoms with E-state index in [-0.39, 0.29) is 22.8 Å². The lowest BCUT2D eigenvalue weighted by atomic mass is 10.1. The Labute approximate surface area is 116 Å². The van der Waals surface area contributed by atoms with E-state index in [1.165, 1.54) is 19.3 Å². The number of anilines is 1.